The van der Waals surface area contributed by atoms with Crippen molar-refractivity contribution < 1.29 is 13.5 Å². The Kier molecular flexibility index (Phi) is 5.01. The number of benzene rings is 1. The van der Waals surface area contributed by atoms with E-state index in [2.05, 4.69) is 9.62 Å². The Morgan fingerprint density at radius 3 is 2.60 bits per heavy atom. The number of hydrogen-bond donors (Lipinski definition) is 2. The molecule has 0 spiro atoms. The lowest BCUT2D eigenvalue weighted by Gasteiger charge is -2.18. The van der Waals surface area contributed by atoms with E-state index in [0.29, 0.717) is 17.4 Å². The maximum absolute atomic E-state index is 12.0. The van der Waals surface area contributed by atoms with Crippen LogP contribution in [0.2, 0.25) is 0 Å². The predicted octanol–water partition coefficient (Wildman–Crippen LogP) is 1.19. The lowest BCUT2D eigenvalue weighted by Crippen LogP contribution is -2.24. The largest absolute Gasteiger partial charge is 0.396 e. The fraction of sp³-hybridized carbons (Fsp3) is 0.571. The van der Waals surface area contributed by atoms with Gasteiger partial charge in [-0.3, -0.25) is 0 Å². The van der Waals surface area contributed by atoms with Crippen molar-refractivity contribution in [3.8, 4) is 0 Å². The zero-order valence-corrected chi connectivity index (χ0v) is 12.6. The van der Waals surface area contributed by atoms with Crippen LogP contribution < -0.4 is 9.62 Å². The van der Waals surface area contributed by atoms with Gasteiger partial charge in [0.05, 0.1) is 4.90 Å². The molecule has 5 nitrogen and oxygen atoms in total. The van der Waals surface area contributed by atoms with Crippen LogP contribution in [0.3, 0.4) is 0 Å². The first-order valence-electron chi connectivity index (χ1n) is 7.02. The zero-order chi connectivity index (χ0) is 14.6. The van der Waals surface area contributed by atoms with E-state index in [1.807, 2.05) is 19.1 Å². The zero-order valence-electron chi connectivity index (χ0n) is 11.7. The molecule has 1 fully saturated rings. The molecule has 0 aromatic heterocycles. The highest BCUT2D eigenvalue weighted by atomic mass is 32.2. The van der Waals surface area contributed by atoms with Gasteiger partial charge < -0.3 is 10.0 Å². The number of aliphatic hydroxyl groups is 1. The van der Waals surface area contributed by atoms with Gasteiger partial charge in [0.25, 0.3) is 0 Å². The normalized spacial score (nSPS) is 19.5. The topological polar surface area (TPSA) is 69.6 Å². The van der Waals surface area contributed by atoms with Crippen LogP contribution in [0.1, 0.15) is 19.8 Å². The van der Waals surface area contributed by atoms with Gasteiger partial charge in [-0.05, 0) is 37.1 Å². The molecular formula is C14H22N2O3S. The maximum atomic E-state index is 12.0. The quantitative estimate of drug-likeness (QED) is 0.828. The van der Waals surface area contributed by atoms with Gasteiger partial charge in [-0.2, -0.15) is 0 Å². The van der Waals surface area contributed by atoms with E-state index >= 15 is 0 Å². The van der Waals surface area contributed by atoms with Gasteiger partial charge in [-0.15, -0.1) is 0 Å². The van der Waals surface area contributed by atoms with Crippen LogP contribution in [-0.2, 0) is 10.0 Å². The van der Waals surface area contributed by atoms with E-state index < -0.39 is 10.0 Å². The summed E-state index contributed by atoms with van der Waals surface area (Å²) in [5.41, 5.74) is 1.01. The summed E-state index contributed by atoms with van der Waals surface area (Å²) in [6, 6.07) is 6.94. The van der Waals surface area contributed by atoms with Crippen molar-refractivity contribution in [2.75, 3.05) is 31.1 Å². The molecule has 1 aromatic carbocycles. The fourth-order valence-electron chi connectivity index (χ4n) is 2.37. The first-order chi connectivity index (χ1) is 9.56. The van der Waals surface area contributed by atoms with Gasteiger partial charge in [0.2, 0.25) is 10.0 Å². The molecule has 0 bridgehead atoms. The number of hydrogen-bond acceptors (Lipinski definition) is 4. The predicted molar refractivity (Wildman–Crippen MR) is 79.3 cm³/mol. The Bertz CT molecular complexity index is 528. The van der Waals surface area contributed by atoms with Crippen molar-refractivity contribution in [2.45, 2.75) is 24.7 Å². The Labute approximate surface area is 120 Å². The number of anilines is 1. The molecule has 0 radical (unpaired) electrons. The SMILES string of the molecule is CCCNS(=O)(=O)c1ccc(N2CCC(CO)C2)cc1. The van der Waals surface area contributed by atoms with E-state index in [9.17, 15) is 8.42 Å². The fourth-order valence-corrected chi connectivity index (χ4v) is 3.51. The molecule has 1 saturated heterocycles. The minimum Gasteiger partial charge on any atom is -0.396 e. The average Bonchev–Trinajstić information content (AvgIpc) is 2.94. The highest BCUT2D eigenvalue weighted by Crippen LogP contribution is 2.24. The summed E-state index contributed by atoms with van der Waals surface area (Å²) in [6.07, 6.45) is 1.75. The minimum atomic E-state index is -3.39. The highest BCUT2D eigenvalue weighted by Gasteiger charge is 2.22. The van der Waals surface area contributed by atoms with Crippen LogP contribution in [0.15, 0.2) is 29.2 Å². The lowest BCUT2D eigenvalue weighted by molar-refractivity contribution is 0.238. The van der Waals surface area contributed by atoms with Crippen LogP contribution in [0.25, 0.3) is 0 Å². The molecule has 1 unspecified atom stereocenters. The third kappa shape index (κ3) is 3.50. The number of rotatable bonds is 6. The maximum Gasteiger partial charge on any atom is 0.240 e. The Morgan fingerprint density at radius 2 is 2.05 bits per heavy atom. The molecule has 6 heteroatoms. The Hall–Kier alpha value is -1.11. The van der Waals surface area contributed by atoms with Gasteiger partial charge in [-0.25, -0.2) is 13.1 Å². The van der Waals surface area contributed by atoms with Crippen molar-refractivity contribution in [1.29, 1.82) is 0 Å². The highest BCUT2D eigenvalue weighted by molar-refractivity contribution is 7.89. The molecule has 1 aliphatic heterocycles. The van der Waals surface area contributed by atoms with E-state index in [1.54, 1.807) is 12.1 Å². The third-order valence-corrected chi connectivity index (χ3v) is 5.08. The van der Waals surface area contributed by atoms with Crippen molar-refractivity contribution in [3.63, 3.8) is 0 Å². The molecule has 1 aromatic rings. The molecule has 0 aliphatic carbocycles. The summed E-state index contributed by atoms with van der Waals surface area (Å²) in [5, 5.41) is 9.15. The summed E-state index contributed by atoms with van der Waals surface area (Å²) >= 11 is 0. The monoisotopic (exact) mass is 298 g/mol. The van der Waals surface area contributed by atoms with E-state index in [0.717, 1.165) is 31.6 Å². The van der Waals surface area contributed by atoms with Crippen LogP contribution in [0, 0.1) is 5.92 Å². The lowest BCUT2D eigenvalue weighted by atomic mass is 10.1. The molecule has 0 amide bonds. The number of nitrogens with one attached hydrogen (secondary N) is 1. The van der Waals surface area contributed by atoms with Crippen molar-refractivity contribution >= 4 is 15.7 Å². The van der Waals surface area contributed by atoms with Gasteiger partial charge in [-0.1, -0.05) is 6.92 Å². The summed E-state index contributed by atoms with van der Waals surface area (Å²) in [5.74, 6) is 0.324. The first-order valence-corrected chi connectivity index (χ1v) is 8.50. The molecular weight excluding hydrogens is 276 g/mol. The second-order valence-corrected chi connectivity index (χ2v) is 6.94. The second-order valence-electron chi connectivity index (χ2n) is 5.17. The summed E-state index contributed by atoms with van der Waals surface area (Å²) in [6.45, 7) is 4.33. The van der Waals surface area contributed by atoms with Crippen molar-refractivity contribution in [1.82, 2.24) is 4.72 Å². The molecule has 112 valence electrons. The van der Waals surface area contributed by atoms with Gasteiger partial charge in [0, 0.05) is 37.8 Å². The molecule has 2 N–H and O–H groups in total. The van der Waals surface area contributed by atoms with Gasteiger partial charge >= 0.3 is 0 Å². The van der Waals surface area contributed by atoms with Crippen LogP contribution in [-0.4, -0.2) is 39.8 Å². The summed E-state index contributed by atoms with van der Waals surface area (Å²) in [7, 11) is -3.39. The molecule has 20 heavy (non-hydrogen) atoms. The van der Waals surface area contributed by atoms with E-state index in [-0.39, 0.29) is 6.61 Å². The van der Waals surface area contributed by atoms with Gasteiger partial charge in [0.15, 0.2) is 0 Å². The minimum absolute atomic E-state index is 0.212. The second kappa shape index (κ2) is 6.56. The van der Waals surface area contributed by atoms with Crippen LogP contribution in [0.5, 0.6) is 0 Å². The molecule has 0 saturated carbocycles. The number of nitrogens with zero attached hydrogens (tertiary/aromatic N) is 1. The van der Waals surface area contributed by atoms with Crippen LogP contribution >= 0.6 is 0 Å². The average molecular weight is 298 g/mol. The number of aliphatic hydroxyl groups excluding tert-OH is 1. The summed E-state index contributed by atoms with van der Waals surface area (Å²) < 4.78 is 26.5. The first kappa shape index (κ1) is 15.3. The molecule has 1 atom stereocenters. The Morgan fingerprint density at radius 1 is 1.35 bits per heavy atom. The van der Waals surface area contributed by atoms with Gasteiger partial charge in [0.1, 0.15) is 0 Å². The number of sulfonamides is 1. The molecule has 1 aliphatic rings. The van der Waals surface area contributed by atoms with Crippen molar-refractivity contribution in [2.24, 2.45) is 5.92 Å². The van der Waals surface area contributed by atoms with E-state index in [4.69, 9.17) is 5.11 Å². The smallest absolute Gasteiger partial charge is 0.240 e. The van der Waals surface area contributed by atoms with E-state index in [1.165, 1.54) is 0 Å². The van der Waals surface area contributed by atoms with Crippen LogP contribution in [0.4, 0.5) is 5.69 Å². The van der Waals surface area contributed by atoms with Crippen molar-refractivity contribution in [3.05, 3.63) is 24.3 Å². The Balaban J connectivity index is 2.07. The standard InChI is InChI=1S/C14H22N2O3S/c1-2-8-15-20(18,19)14-5-3-13(4-6-14)16-9-7-12(10-16)11-17/h3-6,12,15,17H,2,7-11H2,1H3. The summed E-state index contributed by atoms with van der Waals surface area (Å²) in [4.78, 5) is 2.48. The molecule has 1 heterocycles. The molecule has 2 rings (SSSR count). The third-order valence-electron chi connectivity index (χ3n) is 3.60.